The summed E-state index contributed by atoms with van der Waals surface area (Å²) in [6, 6.07) is 18.0. The molecular weight excluding hydrogens is 469 g/mol. The van der Waals surface area contributed by atoms with Crippen LogP contribution in [0.15, 0.2) is 85.3 Å². The predicted octanol–water partition coefficient (Wildman–Crippen LogP) is 5.00. The van der Waals surface area contributed by atoms with Crippen LogP contribution < -0.4 is 10.6 Å². The fourth-order valence-corrected chi connectivity index (χ4v) is 4.53. The molecule has 6 rings (SSSR count). The number of pyridine rings is 1. The summed E-state index contributed by atoms with van der Waals surface area (Å²) in [7, 11) is 0. The van der Waals surface area contributed by atoms with Crippen molar-refractivity contribution >= 4 is 17.2 Å². The van der Waals surface area contributed by atoms with Gasteiger partial charge in [-0.05, 0) is 36.4 Å². The predicted molar refractivity (Wildman–Crippen MR) is 128 cm³/mol. The van der Waals surface area contributed by atoms with Gasteiger partial charge < -0.3 is 10.6 Å². The number of benzene rings is 2. The average molecular weight is 488 g/mol. The van der Waals surface area contributed by atoms with Gasteiger partial charge in [-0.25, -0.2) is 9.67 Å². The lowest BCUT2D eigenvalue weighted by atomic mass is 10.1. The summed E-state index contributed by atoms with van der Waals surface area (Å²) >= 11 is 0. The Morgan fingerprint density at radius 3 is 2.39 bits per heavy atom. The maximum Gasteiger partial charge on any atom is 0.416 e. The van der Waals surface area contributed by atoms with E-state index >= 15 is 0 Å². The van der Waals surface area contributed by atoms with Crippen molar-refractivity contribution in [2.24, 2.45) is 5.73 Å². The number of carbonyl (C=O) groups excluding carboxylic acids is 1. The first-order chi connectivity index (χ1) is 17.3. The van der Waals surface area contributed by atoms with E-state index in [1.54, 1.807) is 12.4 Å². The quantitative estimate of drug-likeness (QED) is 0.388. The molecule has 0 saturated heterocycles. The highest BCUT2D eigenvalue weighted by molar-refractivity contribution is 6.09. The monoisotopic (exact) mass is 488 g/mol. The van der Waals surface area contributed by atoms with Crippen molar-refractivity contribution in [3.05, 3.63) is 96.6 Å². The van der Waals surface area contributed by atoms with Crippen LogP contribution in [0.5, 0.6) is 0 Å². The lowest BCUT2D eigenvalue weighted by Gasteiger charge is -2.32. The Morgan fingerprint density at radius 1 is 0.917 bits per heavy atom. The minimum Gasteiger partial charge on any atom is -0.308 e. The molecule has 4 heterocycles. The van der Waals surface area contributed by atoms with Crippen LogP contribution >= 0.6 is 0 Å². The third kappa shape index (κ3) is 3.54. The number of nitrogens with two attached hydrogens (primary N) is 1. The van der Waals surface area contributed by atoms with Crippen molar-refractivity contribution in [3.63, 3.8) is 0 Å². The van der Waals surface area contributed by atoms with Crippen molar-refractivity contribution in [2.75, 3.05) is 11.4 Å². The van der Waals surface area contributed by atoms with Crippen molar-refractivity contribution in [2.45, 2.75) is 12.3 Å². The zero-order valence-electron chi connectivity index (χ0n) is 18.7. The largest absolute Gasteiger partial charge is 0.416 e. The van der Waals surface area contributed by atoms with E-state index in [4.69, 9.17) is 5.73 Å². The van der Waals surface area contributed by atoms with Gasteiger partial charge in [-0.2, -0.15) is 18.3 Å². The molecular formula is C26H19F3N6O. The summed E-state index contributed by atoms with van der Waals surface area (Å²) < 4.78 is 42.4. The molecule has 0 spiro atoms. The van der Waals surface area contributed by atoms with Crippen LogP contribution in [0.1, 0.15) is 22.2 Å². The van der Waals surface area contributed by atoms with Crippen LogP contribution in [-0.4, -0.2) is 31.6 Å². The summed E-state index contributed by atoms with van der Waals surface area (Å²) in [5.74, 6) is -0.391. The summed E-state index contributed by atoms with van der Waals surface area (Å²) in [4.78, 5) is 19.4. The van der Waals surface area contributed by atoms with Gasteiger partial charge in [0.2, 0.25) is 0 Å². The maximum absolute atomic E-state index is 13.6. The number of alkyl halides is 3. The first-order valence-electron chi connectivity index (χ1n) is 11.2. The molecule has 7 nitrogen and oxygen atoms in total. The average Bonchev–Trinajstić information content (AvgIpc) is 3.51. The van der Waals surface area contributed by atoms with Gasteiger partial charge in [-0.3, -0.25) is 9.20 Å². The van der Waals surface area contributed by atoms with E-state index in [0.717, 1.165) is 34.6 Å². The highest BCUT2D eigenvalue weighted by Gasteiger charge is 2.35. The zero-order chi connectivity index (χ0) is 25.0. The molecule has 1 aliphatic heterocycles. The van der Waals surface area contributed by atoms with E-state index in [-0.39, 0.29) is 12.2 Å². The van der Waals surface area contributed by atoms with Gasteiger partial charge in [0.25, 0.3) is 5.91 Å². The molecule has 0 fully saturated rings. The third-order valence-corrected chi connectivity index (χ3v) is 6.32. The van der Waals surface area contributed by atoms with E-state index in [0.29, 0.717) is 11.3 Å². The fraction of sp³-hybridized carbons (Fsp3) is 0.115. The molecule has 5 aromatic rings. The molecule has 0 unspecified atom stereocenters. The van der Waals surface area contributed by atoms with Gasteiger partial charge in [-0.15, -0.1) is 0 Å². The van der Waals surface area contributed by atoms with Crippen molar-refractivity contribution in [1.82, 2.24) is 19.2 Å². The van der Waals surface area contributed by atoms with Gasteiger partial charge >= 0.3 is 6.18 Å². The van der Waals surface area contributed by atoms with Crippen LogP contribution in [0.4, 0.5) is 18.9 Å². The Balaban J connectivity index is 1.41. The molecule has 0 aliphatic carbocycles. The molecule has 36 heavy (non-hydrogen) atoms. The third-order valence-electron chi connectivity index (χ3n) is 6.32. The van der Waals surface area contributed by atoms with Crippen LogP contribution in [0, 0.1) is 0 Å². The van der Waals surface area contributed by atoms with Crippen LogP contribution in [0.25, 0.3) is 28.0 Å². The molecule has 180 valence electrons. The number of imidazole rings is 1. The van der Waals surface area contributed by atoms with E-state index in [1.165, 1.54) is 21.7 Å². The molecule has 2 N–H and O–H groups in total. The standard InChI is InChI=1S/C26H19F3N6O/c27-26(28,29)18-7-9-19(10-8-18)33-15-22(30)35-24(25(33)36)20(12-32-35)17-6-11-23-31-13-21(34(23)14-17)16-4-2-1-3-5-16/h1-14,22H,15,30H2/t22-/m1/s1. The number of fused-ring (bicyclic) bond motifs is 2. The SMILES string of the molecule is N[C@H]1CN(c2ccc(C(F)(F)F)cc2)C(=O)c2c(-c3ccc4ncc(-c5ccccc5)n4c3)cnn21. The summed E-state index contributed by atoms with van der Waals surface area (Å²) in [5.41, 5.74) is 10.1. The Morgan fingerprint density at radius 2 is 1.67 bits per heavy atom. The first-order valence-corrected chi connectivity index (χ1v) is 11.2. The normalized spacial score (nSPS) is 15.9. The highest BCUT2D eigenvalue weighted by Crippen LogP contribution is 2.34. The minimum absolute atomic E-state index is 0.0804. The molecule has 1 aliphatic rings. The van der Waals surface area contributed by atoms with Gasteiger partial charge in [0, 0.05) is 28.6 Å². The van der Waals surface area contributed by atoms with Crippen molar-refractivity contribution < 1.29 is 18.0 Å². The lowest BCUT2D eigenvalue weighted by molar-refractivity contribution is -0.137. The number of halogens is 3. The van der Waals surface area contributed by atoms with Gasteiger partial charge in [0.1, 0.15) is 17.5 Å². The van der Waals surface area contributed by atoms with Gasteiger partial charge in [0.15, 0.2) is 0 Å². The number of hydrogen-bond donors (Lipinski definition) is 1. The second kappa shape index (κ2) is 8.06. The van der Waals surface area contributed by atoms with E-state index in [1.807, 2.05) is 53.1 Å². The summed E-state index contributed by atoms with van der Waals surface area (Å²) in [6.45, 7) is 0.0804. The molecule has 1 amide bonds. The number of anilines is 1. The summed E-state index contributed by atoms with van der Waals surface area (Å²) in [6.07, 6.45) is 0.139. The number of hydrogen-bond acceptors (Lipinski definition) is 4. The zero-order valence-corrected chi connectivity index (χ0v) is 18.7. The van der Waals surface area contributed by atoms with Gasteiger partial charge in [-0.1, -0.05) is 30.3 Å². The van der Waals surface area contributed by atoms with Crippen LogP contribution in [-0.2, 0) is 6.18 Å². The maximum atomic E-state index is 13.6. The summed E-state index contributed by atoms with van der Waals surface area (Å²) in [5, 5.41) is 4.36. The Kier molecular flexibility index (Phi) is 4.94. The topological polar surface area (TPSA) is 81.4 Å². The first kappa shape index (κ1) is 22.1. The molecule has 10 heteroatoms. The van der Waals surface area contributed by atoms with Crippen LogP contribution in [0.3, 0.4) is 0 Å². The molecule has 0 radical (unpaired) electrons. The molecule has 0 saturated carbocycles. The van der Waals surface area contributed by atoms with E-state index < -0.39 is 23.8 Å². The fourth-order valence-electron chi connectivity index (χ4n) is 4.53. The molecule has 3 aromatic heterocycles. The highest BCUT2D eigenvalue weighted by atomic mass is 19.4. The minimum atomic E-state index is -4.46. The van der Waals surface area contributed by atoms with Crippen LogP contribution in [0.2, 0.25) is 0 Å². The molecule has 1 atom stereocenters. The Labute approximate surface area is 203 Å². The number of amides is 1. The number of aromatic nitrogens is 4. The van der Waals surface area contributed by atoms with E-state index in [2.05, 4.69) is 10.1 Å². The Hall–Kier alpha value is -4.44. The number of carbonyl (C=O) groups is 1. The number of rotatable bonds is 3. The second-order valence-corrected chi connectivity index (χ2v) is 8.53. The van der Waals surface area contributed by atoms with E-state index in [9.17, 15) is 18.0 Å². The second-order valence-electron chi connectivity index (χ2n) is 8.53. The Bertz CT molecular complexity index is 1590. The van der Waals surface area contributed by atoms with Gasteiger partial charge in [0.05, 0.1) is 30.2 Å². The lowest BCUT2D eigenvalue weighted by Crippen LogP contribution is -2.46. The van der Waals surface area contributed by atoms with Crippen molar-refractivity contribution in [1.29, 1.82) is 0 Å². The van der Waals surface area contributed by atoms with Crippen molar-refractivity contribution in [3.8, 4) is 22.4 Å². The molecule has 2 aromatic carbocycles. The number of nitrogens with zero attached hydrogens (tertiary/aromatic N) is 5. The smallest absolute Gasteiger partial charge is 0.308 e. The molecule has 0 bridgehead atoms.